The Labute approximate surface area is 193 Å². The lowest BCUT2D eigenvalue weighted by Gasteiger charge is -2.49. The summed E-state index contributed by atoms with van der Waals surface area (Å²) in [7, 11) is 0. The van der Waals surface area contributed by atoms with Gasteiger partial charge >= 0.3 is 0 Å². The van der Waals surface area contributed by atoms with Crippen LogP contribution in [0.4, 0.5) is 10.1 Å². The maximum Gasteiger partial charge on any atom is 0.264 e. The summed E-state index contributed by atoms with van der Waals surface area (Å²) in [5.41, 5.74) is 1.89. The first-order valence-corrected chi connectivity index (χ1v) is 11.4. The van der Waals surface area contributed by atoms with Gasteiger partial charge in [0.1, 0.15) is 10.1 Å². The Morgan fingerprint density at radius 3 is 2.45 bits per heavy atom. The van der Waals surface area contributed by atoms with Gasteiger partial charge in [-0.15, -0.1) is 0 Å². The van der Waals surface area contributed by atoms with Crippen molar-refractivity contribution in [2.75, 3.05) is 4.90 Å². The number of hydrogen-bond donors (Lipinski definition) is 1. The van der Waals surface area contributed by atoms with Crippen molar-refractivity contribution in [1.82, 2.24) is 5.32 Å². The zero-order chi connectivity index (χ0) is 22.3. The molecule has 0 radical (unpaired) electrons. The summed E-state index contributed by atoms with van der Waals surface area (Å²) in [4.78, 5) is 28.1. The van der Waals surface area contributed by atoms with Gasteiger partial charge in [-0.2, -0.15) is 0 Å². The van der Waals surface area contributed by atoms with Crippen molar-refractivity contribution in [2.24, 2.45) is 0 Å². The van der Waals surface area contributed by atoms with Crippen molar-refractivity contribution >= 4 is 63.0 Å². The number of rotatable bonds is 1. The van der Waals surface area contributed by atoms with E-state index >= 15 is 0 Å². The van der Waals surface area contributed by atoms with E-state index in [4.69, 9.17) is 23.8 Å². The number of hydrogen-bond acceptors (Lipinski definition) is 4. The minimum absolute atomic E-state index is 0.214. The molecule has 1 saturated heterocycles. The van der Waals surface area contributed by atoms with E-state index in [1.807, 2.05) is 38.1 Å². The normalized spacial score (nSPS) is 26.4. The van der Waals surface area contributed by atoms with Crippen molar-refractivity contribution in [3.05, 3.63) is 68.8 Å². The molecule has 2 amide bonds. The van der Waals surface area contributed by atoms with E-state index in [2.05, 4.69) is 12.2 Å². The fraction of sp³-hybridized carbons (Fsp3) is 0.261. The zero-order valence-corrected chi connectivity index (χ0v) is 19.4. The molecule has 0 saturated carbocycles. The van der Waals surface area contributed by atoms with E-state index in [-0.39, 0.29) is 20.7 Å². The van der Waals surface area contributed by atoms with E-state index in [1.165, 1.54) is 12.1 Å². The van der Waals surface area contributed by atoms with Gasteiger partial charge in [-0.1, -0.05) is 54.6 Å². The van der Waals surface area contributed by atoms with E-state index < -0.39 is 22.7 Å². The van der Waals surface area contributed by atoms with Crippen LogP contribution in [0.3, 0.4) is 0 Å². The number of nitrogens with zero attached hydrogens (tertiary/aromatic N) is 1. The van der Waals surface area contributed by atoms with E-state index in [9.17, 15) is 14.0 Å². The molecule has 1 fully saturated rings. The van der Waals surface area contributed by atoms with Crippen LogP contribution in [-0.2, 0) is 15.0 Å². The molecule has 3 heterocycles. The molecule has 0 aromatic heterocycles. The molecule has 1 N–H and O–H groups in total. The summed E-state index contributed by atoms with van der Waals surface area (Å²) in [6.45, 7) is 6.05. The molecule has 3 aliphatic heterocycles. The van der Waals surface area contributed by atoms with Crippen molar-refractivity contribution in [3.63, 3.8) is 0 Å². The number of anilines is 1. The molecule has 2 aromatic rings. The van der Waals surface area contributed by atoms with Gasteiger partial charge in [0.05, 0.1) is 16.2 Å². The van der Waals surface area contributed by atoms with Gasteiger partial charge in [-0.3, -0.25) is 9.59 Å². The Balaban J connectivity index is 1.84. The number of carbonyl (C=O) groups excluding carboxylic acids is 2. The predicted octanol–water partition coefficient (Wildman–Crippen LogP) is 5.17. The number of nitrogens with one attached hydrogen (secondary N) is 1. The Kier molecular flexibility index (Phi) is 4.43. The number of amides is 2. The third-order valence-electron chi connectivity index (χ3n) is 6.30. The molecule has 2 aromatic carbocycles. The van der Waals surface area contributed by atoms with Gasteiger partial charge < -0.3 is 10.2 Å². The van der Waals surface area contributed by atoms with Crippen LogP contribution in [0.2, 0.25) is 5.02 Å². The largest absolute Gasteiger partial charge is 0.307 e. The fourth-order valence-electron chi connectivity index (χ4n) is 5.17. The van der Waals surface area contributed by atoms with E-state index in [0.717, 1.165) is 22.9 Å². The van der Waals surface area contributed by atoms with Crippen molar-refractivity contribution in [3.8, 4) is 0 Å². The topological polar surface area (TPSA) is 49.4 Å². The van der Waals surface area contributed by atoms with Gasteiger partial charge in [0.15, 0.2) is 0 Å². The van der Waals surface area contributed by atoms with Crippen molar-refractivity contribution in [1.29, 1.82) is 0 Å². The third-order valence-corrected chi connectivity index (χ3v) is 7.78. The molecule has 158 valence electrons. The quantitative estimate of drug-likeness (QED) is 0.459. The van der Waals surface area contributed by atoms with Gasteiger partial charge in [-0.25, -0.2) is 4.39 Å². The monoisotopic (exact) mass is 472 g/mol. The number of carbonyl (C=O) groups is 2. The molecule has 1 unspecified atom stereocenters. The van der Waals surface area contributed by atoms with Gasteiger partial charge in [0, 0.05) is 21.5 Å². The highest BCUT2D eigenvalue weighted by Crippen LogP contribution is 2.57. The number of thiocarbonyl (C=S) groups is 1. The third kappa shape index (κ3) is 2.90. The highest BCUT2D eigenvalue weighted by molar-refractivity contribution is 8.27. The first-order chi connectivity index (χ1) is 14.5. The van der Waals surface area contributed by atoms with Crippen molar-refractivity contribution < 1.29 is 14.0 Å². The average molecular weight is 473 g/mol. The van der Waals surface area contributed by atoms with Crippen molar-refractivity contribution in [2.45, 2.75) is 38.1 Å². The maximum absolute atomic E-state index is 14.9. The molecule has 0 bridgehead atoms. The van der Waals surface area contributed by atoms with Gasteiger partial charge in [-0.05, 0) is 55.7 Å². The molecule has 1 atom stereocenters. The number of halogens is 2. The van der Waals surface area contributed by atoms with Crippen LogP contribution in [0.1, 0.15) is 43.9 Å². The molecule has 31 heavy (non-hydrogen) atoms. The van der Waals surface area contributed by atoms with Crippen LogP contribution in [0.25, 0.3) is 5.57 Å². The second-order valence-electron chi connectivity index (χ2n) is 8.87. The lowest BCUT2D eigenvalue weighted by molar-refractivity contribution is -0.116. The Hall–Kier alpha value is -2.22. The van der Waals surface area contributed by atoms with Crippen LogP contribution >= 0.6 is 35.6 Å². The van der Waals surface area contributed by atoms with E-state index in [0.29, 0.717) is 22.7 Å². The smallest absolute Gasteiger partial charge is 0.264 e. The van der Waals surface area contributed by atoms with Crippen LogP contribution in [0.5, 0.6) is 0 Å². The molecular weight excluding hydrogens is 455 g/mol. The standard InChI is InChI=1S/C23H18ClFN2O2S2/c1-22(2)10-23(3,11-4-6-12(24)7-5-11)15-9-13(25)8-14-16(20(29)27(22)17(14)15)18-19(28)26-21(30)31-18/h4-9H,10H2,1-3H3,(H,26,28,30)/b18-16-. The maximum atomic E-state index is 14.9. The Bertz CT molecular complexity index is 1240. The predicted molar refractivity (Wildman–Crippen MR) is 126 cm³/mol. The summed E-state index contributed by atoms with van der Waals surface area (Å²) in [6, 6.07) is 10.4. The first-order valence-electron chi connectivity index (χ1n) is 9.75. The number of thioether (sulfide) groups is 1. The SMILES string of the molecule is CC1(c2ccc(Cl)cc2)CC(C)(C)N2C(=O)/C(=C3\SC(=S)NC3=O)c3cc(F)cc1c32. The highest BCUT2D eigenvalue weighted by atomic mass is 35.5. The molecule has 8 heteroatoms. The van der Waals surface area contributed by atoms with Crippen LogP contribution in [-0.4, -0.2) is 21.7 Å². The summed E-state index contributed by atoms with van der Waals surface area (Å²) in [5, 5.41) is 3.18. The van der Waals surface area contributed by atoms with Gasteiger partial charge in [0.2, 0.25) is 0 Å². The molecule has 5 rings (SSSR count). The zero-order valence-electron chi connectivity index (χ0n) is 17.0. The second kappa shape index (κ2) is 6.64. The average Bonchev–Trinajstić information content (AvgIpc) is 3.15. The van der Waals surface area contributed by atoms with Crippen LogP contribution in [0.15, 0.2) is 41.3 Å². The molecular formula is C23H18ClFN2O2S2. The minimum atomic E-state index is -0.576. The molecule has 0 spiro atoms. The Morgan fingerprint density at radius 2 is 1.84 bits per heavy atom. The highest BCUT2D eigenvalue weighted by Gasteiger charge is 2.54. The van der Waals surface area contributed by atoms with Crippen LogP contribution in [0, 0.1) is 5.82 Å². The summed E-state index contributed by atoms with van der Waals surface area (Å²) in [6.07, 6.45) is 0.573. The fourth-order valence-corrected chi connectivity index (χ4v) is 6.41. The Morgan fingerprint density at radius 1 is 1.16 bits per heavy atom. The second-order valence-corrected chi connectivity index (χ2v) is 11.0. The summed E-state index contributed by atoms with van der Waals surface area (Å²) >= 11 is 12.3. The first kappa shape index (κ1) is 20.7. The molecule has 3 aliphatic rings. The molecule has 0 aliphatic carbocycles. The van der Waals surface area contributed by atoms with E-state index in [1.54, 1.807) is 4.90 Å². The molecule has 4 nitrogen and oxygen atoms in total. The lowest BCUT2D eigenvalue weighted by atomic mass is 9.65. The summed E-state index contributed by atoms with van der Waals surface area (Å²) < 4.78 is 15.2. The number of benzene rings is 2. The van der Waals surface area contributed by atoms with Crippen LogP contribution < -0.4 is 10.2 Å². The van der Waals surface area contributed by atoms with Gasteiger partial charge in [0.25, 0.3) is 11.8 Å². The minimum Gasteiger partial charge on any atom is -0.307 e. The lowest BCUT2D eigenvalue weighted by Crippen LogP contribution is -2.54. The summed E-state index contributed by atoms with van der Waals surface area (Å²) in [5.74, 6) is -1.17.